The molecule has 0 saturated carbocycles. The first-order chi connectivity index (χ1) is 27.0. The number of methoxy groups -OCH3 is 4. The van der Waals surface area contributed by atoms with Crippen LogP contribution >= 0.6 is 0 Å². The number of H-pyrrole nitrogens is 2. The maximum absolute atomic E-state index is 13.6. The van der Waals surface area contributed by atoms with Crippen molar-refractivity contribution in [2.45, 2.75) is 75.9 Å². The second-order valence-electron chi connectivity index (χ2n) is 13.7. The van der Waals surface area contributed by atoms with E-state index in [1.54, 1.807) is 29.8 Å². The van der Waals surface area contributed by atoms with Crippen LogP contribution in [0, 0.1) is 11.8 Å². The third-order valence-electron chi connectivity index (χ3n) is 10.3. The van der Waals surface area contributed by atoms with Crippen molar-refractivity contribution in [3.05, 3.63) is 65.5 Å². The van der Waals surface area contributed by atoms with Gasteiger partial charge in [-0.2, -0.15) is 0 Å². The molecule has 0 unspecified atom stereocenters. The number of amides is 4. The minimum absolute atomic E-state index is 0.264. The maximum atomic E-state index is 13.6. The monoisotopic (exact) mass is 769 g/mol. The Morgan fingerprint density at radius 2 is 1.32 bits per heavy atom. The number of nitrogens with one attached hydrogen (secondary N) is 4. The molecule has 4 amide bonds. The van der Waals surface area contributed by atoms with Gasteiger partial charge in [-0.1, -0.05) is 18.1 Å². The molecule has 0 radical (unpaired) electrons. The van der Waals surface area contributed by atoms with Gasteiger partial charge in [-0.3, -0.25) is 9.59 Å². The Bertz CT molecular complexity index is 2110. The minimum Gasteiger partial charge on any atom is -0.453 e. The lowest BCUT2D eigenvalue weighted by Gasteiger charge is -2.30. The Hall–Kier alpha value is -5.99. The van der Waals surface area contributed by atoms with Crippen molar-refractivity contribution in [1.82, 2.24) is 45.4 Å². The number of hydrogen-bond acceptors (Lipinski definition) is 11. The van der Waals surface area contributed by atoms with E-state index >= 15 is 0 Å². The summed E-state index contributed by atoms with van der Waals surface area (Å²) in [5.41, 5.74) is 4.21. The summed E-state index contributed by atoms with van der Waals surface area (Å²) < 4.78 is 20.2. The highest BCUT2D eigenvalue weighted by atomic mass is 16.5. The predicted octanol–water partition coefficient (Wildman–Crippen LogP) is 3.59. The Balaban J connectivity index is 1.12. The molecule has 56 heavy (non-hydrogen) atoms. The fourth-order valence-electron chi connectivity index (χ4n) is 7.05. The van der Waals surface area contributed by atoms with E-state index in [0.29, 0.717) is 42.5 Å². The van der Waals surface area contributed by atoms with Crippen molar-refractivity contribution in [1.29, 1.82) is 0 Å². The number of ether oxygens (including phenoxy) is 4. The standard InChI is InChI=1S/C39H47N9O8/c1-22(53-3)31(44-38(51)55-5)36(49)47-19-7-9-29(47)34-40-21-28(43-34)25-14-11-24(12-15-25)13-16-26-17-18-27-33(41-26)46-35(42-27)30-10-8-20-48(30)37(50)32(23(2)54-4)45-39(52)56-6/h11-12,14-15,17-18,21-23,29-32H,7-10,19-20H2,1-6H3,(H,40,43)(H,44,51)(H,45,52)(H,41,42,46)/t22-,23-,29+,30+,31+,32+/m1/s1. The third-order valence-corrected chi connectivity index (χ3v) is 10.3. The van der Waals surface area contributed by atoms with Crippen LogP contribution in [0.15, 0.2) is 42.6 Å². The number of aromatic amines is 2. The highest BCUT2D eigenvalue weighted by Gasteiger charge is 2.40. The Morgan fingerprint density at radius 3 is 1.88 bits per heavy atom. The number of alkyl carbamates (subject to hydrolysis) is 2. The second kappa shape index (κ2) is 17.6. The van der Waals surface area contributed by atoms with E-state index in [-0.39, 0.29) is 23.9 Å². The summed E-state index contributed by atoms with van der Waals surface area (Å²) in [6, 6.07) is 8.94. The number of aromatic nitrogens is 5. The number of imidazole rings is 2. The van der Waals surface area contributed by atoms with Crippen LogP contribution in [0.1, 0.15) is 74.5 Å². The molecule has 3 aromatic heterocycles. The second-order valence-corrected chi connectivity index (χ2v) is 13.7. The number of carbonyl (C=O) groups is 4. The molecular weight excluding hydrogens is 722 g/mol. The van der Waals surface area contributed by atoms with Gasteiger partial charge >= 0.3 is 12.2 Å². The van der Waals surface area contributed by atoms with E-state index in [9.17, 15) is 19.2 Å². The quantitative estimate of drug-likeness (QED) is 0.162. The lowest BCUT2D eigenvalue weighted by atomic mass is 10.1. The van der Waals surface area contributed by atoms with Crippen molar-refractivity contribution in [3.63, 3.8) is 0 Å². The fraction of sp³-hybridized carbons (Fsp3) is 0.462. The summed E-state index contributed by atoms with van der Waals surface area (Å²) in [7, 11) is 5.46. The first-order valence-electron chi connectivity index (χ1n) is 18.4. The predicted molar refractivity (Wildman–Crippen MR) is 203 cm³/mol. The number of pyridine rings is 1. The fourth-order valence-corrected chi connectivity index (χ4v) is 7.05. The molecular formula is C39H47N9O8. The molecule has 0 bridgehead atoms. The molecule has 2 saturated heterocycles. The van der Waals surface area contributed by atoms with Crippen molar-refractivity contribution >= 4 is 35.2 Å². The highest BCUT2D eigenvalue weighted by molar-refractivity contribution is 5.87. The smallest absolute Gasteiger partial charge is 0.407 e. The van der Waals surface area contributed by atoms with Crippen LogP contribution < -0.4 is 10.6 Å². The average Bonchev–Trinajstić information content (AvgIpc) is 4.06. The summed E-state index contributed by atoms with van der Waals surface area (Å²) in [4.78, 5) is 75.3. The average molecular weight is 770 g/mol. The van der Waals surface area contributed by atoms with E-state index < -0.39 is 36.5 Å². The first kappa shape index (κ1) is 39.7. The van der Waals surface area contributed by atoms with Gasteiger partial charge in [-0.25, -0.2) is 24.5 Å². The zero-order valence-electron chi connectivity index (χ0n) is 32.3. The zero-order valence-corrected chi connectivity index (χ0v) is 32.3. The molecule has 0 aliphatic carbocycles. The number of nitrogens with zero attached hydrogens (tertiary/aromatic N) is 5. The maximum Gasteiger partial charge on any atom is 0.407 e. The van der Waals surface area contributed by atoms with Crippen LogP contribution in [-0.4, -0.2) is 125 Å². The SMILES string of the molecule is COC(=O)N[C@H](C(=O)N1CCC[C@H]1c1ncc(-c2ccc(C#Cc3ccc4[nH]c([C@@H]5CCCN5C(=O)[C@@H](NC(=O)OC)[C@@H](C)OC)nc4n3)cc2)[nH]1)[C@@H](C)OC. The number of fused-ring (bicyclic) bond motifs is 1. The van der Waals surface area contributed by atoms with Crippen molar-refractivity contribution in [2.75, 3.05) is 41.5 Å². The molecule has 4 aromatic rings. The summed E-state index contributed by atoms with van der Waals surface area (Å²) >= 11 is 0. The van der Waals surface area contributed by atoms with Crippen molar-refractivity contribution in [2.24, 2.45) is 0 Å². The molecule has 4 N–H and O–H groups in total. The summed E-state index contributed by atoms with van der Waals surface area (Å²) in [6.07, 6.45) is 2.18. The molecule has 5 heterocycles. The Morgan fingerprint density at radius 1 is 0.750 bits per heavy atom. The molecule has 6 atom stereocenters. The number of hydrogen-bond donors (Lipinski definition) is 4. The number of benzene rings is 1. The van der Waals surface area contributed by atoms with Gasteiger partial charge in [0.15, 0.2) is 5.65 Å². The molecule has 2 aliphatic heterocycles. The van der Waals surface area contributed by atoms with Crippen LogP contribution in [0.5, 0.6) is 0 Å². The van der Waals surface area contributed by atoms with Gasteiger partial charge in [0.2, 0.25) is 11.8 Å². The third kappa shape index (κ3) is 8.61. The van der Waals surface area contributed by atoms with E-state index in [2.05, 4.69) is 42.4 Å². The van der Waals surface area contributed by atoms with E-state index in [1.807, 2.05) is 36.4 Å². The topological polar surface area (TPSA) is 206 Å². The Labute approximate surface area is 324 Å². The molecule has 0 spiro atoms. The zero-order chi connectivity index (χ0) is 39.9. The highest BCUT2D eigenvalue weighted by Crippen LogP contribution is 2.34. The molecule has 2 aliphatic rings. The normalized spacial score (nSPS) is 18.8. The van der Waals surface area contributed by atoms with Gasteiger partial charge < -0.3 is 49.3 Å². The van der Waals surface area contributed by atoms with Gasteiger partial charge in [0.25, 0.3) is 0 Å². The van der Waals surface area contributed by atoms with E-state index in [1.165, 1.54) is 28.4 Å². The molecule has 2 fully saturated rings. The van der Waals surface area contributed by atoms with Gasteiger partial charge in [0.05, 0.1) is 55.9 Å². The largest absolute Gasteiger partial charge is 0.453 e. The summed E-state index contributed by atoms with van der Waals surface area (Å²) in [5, 5.41) is 5.21. The molecule has 17 nitrogen and oxygen atoms in total. The summed E-state index contributed by atoms with van der Waals surface area (Å²) in [6.45, 7) is 4.47. The number of likely N-dealkylation sites (tertiary alicyclic amines) is 2. The first-order valence-corrected chi connectivity index (χ1v) is 18.4. The van der Waals surface area contributed by atoms with Gasteiger partial charge in [-0.15, -0.1) is 0 Å². The lowest BCUT2D eigenvalue weighted by Crippen LogP contribution is -2.54. The van der Waals surface area contributed by atoms with E-state index in [0.717, 1.165) is 41.6 Å². The number of carbonyl (C=O) groups excluding carboxylic acids is 4. The Kier molecular flexibility index (Phi) is 12.5. The van der Waals surface area contributed by atoms with Crippen molar-refractivity contribution in [3.8, 4) is 23.1 Å². The van der Waals surface area contributed by atoms with Crippen LogP contribution in [-0.2, 0) is 28.5 Å². The number of rotatable bonds is 11. The molecule has 1 aromatic carbocycles. The van der Waals surface area contributed by atoms with Gasteiger partial charge in [0.1, 0.15) is 29.4 Å². The molecule has 17 heteroatoms. The molecule has 6 rings (SSSR count). The van der Waals surface area contributed by atoms with E-state index in [4.69, 9.17) is 23.9 Å². The van der Waals surface area contributed by atoms with Crippen LogP contribution in [0.4, 0.5) is 9.59 Å². The van der Waals surface area contributed by atoms with Gasteiger partial charge in [-0.05, 0) is 75.3 Å². The summed E-state index contributed by atoms with van der Waals surface area (Å²) in [5.74, 6) is 7.01. The van der Waals surface area contributed by atoms with Crippen LogP contribution in [0.25, 0.3) is 22.4 Å². The molecule has 296 valence electrons. The van der Waals surface area contributed by atoms with Crippen LogP contribution in [0.3, 0.4) is 0 Å². The lowest BCUT2D eigenvalue weighted by molar-refractivity contribution is -0.138. The van der Waals surface area contributed by atoms with Gasteiger partial charge in [0, 0.05) is 32.9 Å². The van der Waals surface area contributed by atoms with Crippen LogP contribution in [0.2, 0.25) is 0 Å². The van der Waals surface area contributed by atoms with Crippen molar-refractivity contribution < 1.29 is 38.1 Å². The minimum atomic E-state index is -0.925.